The van der Waals surface area contributed by atoms with Crippen LogP contribution in [0.15, 0.2) is 28.7 Å². The zero-order valence-electron chi connectivity index (χ0n) is 9.47. The van der Waals surface area contributed by atoms with E-state index >= 15 is 0 Å². The smallest absolute Gasteiger partial charge is 0.235 e. The summed E-state index contributed by atoms with van der Waals surface area (Å²) in [5, 5.41) is 19.3. The van der Waals surface area contributed by atoms with Gasteiger partial charge in [0.1, 0.15) is 0 Å². The fourth-order valence-corrected chi connectivity index (χ4v) is 1.42. The normalized spacial score (nSPS) is 9.88. The fourth-order valence-electron chi connectivity index (χ4n) is 1.42. The molecule has 0 saturated heterocycles. The highest BCUT2D eigenvalue weighted by atomic mass is 16.4. The number of benzene rings is 1. The minimum Gasteiger partial charge on any atom is -0.424 e. The molecule has 5 nitrogen and oxygen atoms in total. The van der Waals surface area contributed by atoms with Crippen molar-refractivity contribution < 1.29 is 4.42 Å². The van der Waals surface area contributed by atoms with Gasteiger partial charge in [0, 0.05) is 12.6 Å². The molecule has 5 heteroatoms. The molecule has 86 valence electrons. The SMILES string of the molecule is Cc1nnc(CNc2ccc(CC#N)cc2)o1. The summed E-state index contributed by atoms with van der Waals surface area (Å²) in [6, 6.07) is 9.81. The Morgan fingerprint density at radius 3 is 2.65 bits per heavy atom. The van der Waals surface area contributed by atoms with E-state index in [2.05, 4.69) is 21.6 Å². The van der Waals surface area contributed by atoms with Crippen LogP contribution in [-0.2, 0) is 13.0 Å². The summed E-state index contributed by atoms with van der Waals surface area (Å²) in [7, 11) is 0. The summed E-state index contributed by atoms with van der Waals surface area (Å²) < 4.78 is 5.24. The highest BCUT2D eigenvalue weighted by Crippen LogP contribution is 2.11. The number of rotatable bonds is 4. The first kappa shape index (κ1) is 11.1. The van der Waals surface area contributed by atoms with Crippen LogP contribution in [0.3, 0.4) is 0 Å². The summed E-state index contributed by atoms with van der Waals surface area (Å²) >= 11 is 0. The van der Waals surface area contributed by atoms with Gasteiger partial charge in [0.25, 0.3) is 0 Å². The molecule has 1 aromatic heterocycles. The molecular formula is C12H12N4O. The molecule has 0 spiro atoms. The highest BCUT2D eigenvalue weighted by molar-refractivity contribution is 5.44. The van der Waals surface area contributed by atoms with Gasteiger partial charge in [-0.1, -0.05) is 12.1 Å². The molecule has 1 heterocycles. The number of nitrogens with one attached hydrogen (secondary N) is 1. The van der Waals surface area contributed by atoms with Crippen LogP contribution >= 0.6 is 0 Å². The predicted octanol–water partition coefficient (Wildman–Crippen LogP) is 2.06. The monoisotopic (exact) mass is 228 g/mol. The molecule has 0 unspecified atom stereocenters. The molecule has 2 aromatic rings. The van der Waals surface area contributed by atoms with Crippen LogP contribution in [0, 0.1) is 18.3 Å². The molecule has 1 aromatic carbocycles. The second kappa shape index (κ2) is 5.12. The van der Waals surface area contributed by atoms with Crippen LogP contribution in [0.1, 0.15) is 17.3 Å². The number of hydrogen-bond donors (Lipinski definition) is 1. The minimum absolute atomic E-state index is 0.434. The maximum atomic E-state index is 8.55. The van der Waals surface area contributed by atoms with E-state index in [1.807, 2.05) is 24.3 Å². The van der Waals surface area contributed by atoms with Crippen LogP contribution in [0.4, 0.5) is 5.69 Å². The van der Waals surface area contributed by atoms with Crippen molar-refractivity contribution in [1.82, 2.24) is 10.2 Å². The molecule has 0 fully saturated rings. The fraction of sp³-hybridized carbons (Fsp3) is 0.250. The minimum atomic E-state index is 0.434. The molecule has 0 amide bonds. The molecule has 2 rings (SSSR count). The Morgan fingerprint density at radius 2 is 2.06 bits per heavy atom. The number of nitrogens with zero attached hydrogens (tertiary/aromatic N) is 3. The van der Waals surface area contributed by atoms with E-state index in [1.165, 1.54) is 0 Å². The van der Waals surface area contributed by atoms with E-state index < -0.39 is 0 Å². The average molecular weight is 228 g/mol. The van der Waals surface area contributed by atoms with Crippen molar-refractivity contribution in [3.05, 3.63) is 41.6 Å². The standard InChI is InChI=1S/C12H12N4O/c1-9-15-16-12(17-9)8-14-11-4-2-10(3-5-11)6-7-13/h2-5,14H,6,8H2,1H3. The van der Waals surface area contributed by atoms with Crippen LogP contribution in [0.5, 0.6) is 0 Å². The summed E-state index contributed by atoms with van der Waals surface area (Å²) in [6.07, 6.45) is 0.434. The number of anilines is 1. The van der Waals surface area contributed by atoms with Crippen molar-refractivity contribution in [2.45, 2.75) is 19.9 Å². The Bertz CT molecular complexity index is 524. The van der Waals surface area contributed by atoms with Gasteiger partial charge in [-0.05, 0) is 17.7 Å². The van der Waals surface area contributed by atoms with Gasteiger partial charge < -0.3 is 9.73 Å². The third-order valence-electron chi connectivity index (χ3n) is 2.25. The first-order chi connectivity index (χ1) is 8.28. The van der Waals surface area contributed by atoms with Crippen molar-refractivity contribution in [1.29, 1.82) is 5.26 Å². The lowest BCUT2D eigenvalue weighted by molar-refractivity contribution is 0.475. The van der Waals surface area contributed by atoms with Crippen molar-refractivity contribution in [3.8, 4) is 6.07 Å². The third-order valence-corrected chi connectivity index (χ3v) is 2.25. The third kappa shape index (κ3) is 3.05. The molecular weight excluding hydrogens is 216 g/mol. The van der Waals surface area contributed by atoms with Gasteiger partial charge in [0.05, 0.1) is 19.0 Å². The van der Waals surface area contributed by atoms with E-state index in [0.29, 0.717) is 24.7 Å². The van der Waals surface area contributed by atoms with Gasteiger partial charge in [0.2, 0.25) is 11.8 Å². The first-order valence-corrected chi connectivity index (χ1v) is 5.26. The Morgan fingerprint density at radius 1 is 1.29 bits per heavy atom. The Balaban J connectivity index is 1.93. The molecule has 0 atom stereocenters. The van der Waals surface area contributed by atoms with Crippen molar-refractivity contribution in [2.24, 2.45) is 0 Å². The molecule has 0 aliphatic rings. The number of aryl methyl sites for hydroxylation is 1. The average Bonchev–Trinajstić information content (AvgIpc) is 2.75. The summed E-state index contributed by atoms with van der Waals surface area (Å²) in [6.45, 7) is 2.26. The van der Waals surface area contributed by atoms with Crippen LogP contribution in [0.2, 0.25) is 0 Å². The van der Waals surface area contributed by atoms with E-state index in [4.69, 9.17) is 9.68 Å². The predicted molar refractivity (Wildman–Crippen MR) is 62.1 cm³/mol. The number of nitriles is 1. The molecule has 0 aliphatic heterocycles. The van der Waals surface area contributed by atoms with Gasteiger partial charge in [0.15, 0.2) is 0 Å². The maximum Gasteiger partial charge on any atom is 0.235 e. The van der Waals surface area contributed by atoms with Gasteiger partial charge in [-0.3, -0.25) is 0 Å². The van der Waals surface area contributed by atoms with Gasteiger partial charge in [-0.25, -0.2) is 0 Å². The summed E-state index contributed by atoms with van der Waals surface area (Å²) in [5.74, 6) is 1.12. The lowest BCUT2D eigenvalue weighted by Gasteiger charge is -2.03. The quantitative estimate of drug-likeness (QED) is 0.866. The lowest BCUT2D eigenvalue weighted by Crippen LogP contribution is -1.99. The largest absolute Gasteiger partial charge is 0.424 e. The van der Waals surface area contributed by atoms with Gasteiger partial charge in [-0.2, -0.15) is 5.26 Å². The zero-order valence-corrected chi connectivity index (χ0v) is 9.47. The van der Waals surface area contributed by atoms with Gasteiger partial charge in [-0.15, -0.1) is 10.2 Å². The topological polar surface area (TPSA) is 74.7 Å². The van der Waals surface area contributed by atoms with E-state index in [0.717, 1.165) is 11.3 Å². The van der Waals surface area contributed by atoms with Crippen molar-refractivity contribution in [2.75, 3.05) is 5.32 Å². The number of hydrogen-bond acceptors (Lipinski definition) is 5. The highest BCUT2D eigenvalue weighted by Gasteiger charge is 2.01. The number of aromatic nitrogens is 2. The second-order valence-corrected chi connectivity index (χ2v) is 3.60. The van der Waals surface area contributed by atoms with E-state index in [9.17, 15) is 0 Å². The van der Waals surface area contributed by atoms with Crippen LogP contribution < -0.4 is 5.32 Å². The molecule has 0 bridgehead atoms. The second-order valence-electron chi connectivity index (χ2n) is 3.60. The van der Waals surface area contributed by atoms with Crippen LogP contribution in [-0.4, -0.2) is 10.2 Å². The van der Waals surface area contributed by atoms with Crippen LogP contribution in [0.25, 0.3) is 0 Å². The Kier molecular flexibility index (Phi) is 3.36. The van der Waals surface area contributed by atoms with Gasteiger partial charge >= 0.3 is 0 Å². The van der Waals surface area contributed by atoms with Crippen molar-refractivity contribution >= 4 is 5.69 Å². The zero-order chi connectivity index (χ0) is 12.1. The molecule has 17 heavy (non-hydrogen) atoms. The lowest BCUT2D eigenvalue weighted by atomic mass is 10.1. The summed E-state index contributed by atoms with van der Waals surface area (Å²) in [4.78, 5) is 0. The molecule has 0 saturated carbocycles. The Labute approximate surface area is 99.1 Å². The van der Waals surface area contributed by atoms with E-state index in [1.54, 1.807) is 6.92 Å². The van der Waals surface area contributed by atoms with E-state index in [-0.39, 0.29) is 0 Å². The summed E-state index contributed by atoms with van der Waals surface area (Å²) in [5.41, 5.74) is 1.97. The van der Waals surface area contributed by atoms with Crippen molar-refractivity contribution in [3.63, 3.8) is 0 Å². The Hall–Kier alpha value is -2.35. The molecule has 0 aliphatic carbocycles. The maximum absolute atomic E-state index is 8.55. The molecule has 0 radical (unpaired) electrons. The molecule has 1 N–H and O–H groups in total. The first-order valence-electron chi connectivity index (χ1n) is 5.26.